The summed E-state index contributed by atoms with van der Waals surface area (Å²) in [5.41, 5.74) is 3.53. The van der Waals surface area contributed by atoms with E-state index in [-0.39, 0.29) is 24.3 Å². The molecule has 1 unspecified atom stereocenters. The molecule has 1 atom stereocenters. The van der Waals surface area contributed by atoms with Crippen LogP contribution in [0, 0.1) is 0 Å². The Hall–Kier alpha value is -3.65. The quantitative estimate of drug-likeness (QED) is 0.381. The van der Waals surface area contributed by atoms with Crippen molar-refractivity contribution in [2.75, 3.05) is 30.3 Å². The Morgan fingerprint density at radius 2 is 1.67 bits per heavy atom. The maximum Gasteiger partial charge on any atom is 0.238 e. The minimum atomic E-state index is -0.439. The van der Waals surface area contributed by atoms with Gasteiger partial charge in [0, 0.05) is 41.9 Å². The number of aromatic amines is 1. The minimum Gasteiger partial charge on any atom is -0.361 e. The van der Waals surface area contributed by atoms with Crippen molar-refractivity contribution < 1.29 is 14.4 Å². The number of benzene rings is 2. The lowest BCUT2D eigenvalue weighted by atomic mass is 10.1. The van der Waals surface area contributed by atoms with E-state index in [0.717, 1.165) is 22.9 Å². The van der Waals surface area contributed by atoms with Gasteiger partial charge in [-0.05, 0) is 55.8 Å². The van der Waals surface area contributed by atoms with Crippen molar-refractivity contribution in [3.05, 3.63) is 60.3 Å². The van der Waals surface area contributed by atoms with Gasteiger partial charge in [-0.1, -0.05) is 25.1 Å². The number of amides is 3. The number of likely N-dealkylation sites (N-methyl/N-ethyl adjacent to an activating group) is 1. The SMILES string of the molecule is CCN(CC(=O)Nc1ccc(NC(C)=O)cc1)C(C)C(=O)NCCc1c[nH]c2ccccc12. The Morgan fingerprint density at radius 3 is 2.33 bits per heavy atom. The van der Waals surface area contributed by atoms with Gasteiger partial charge >= 0.3 is 0 Å². The number of anilines is 2. The van der Waals surface area contributed by atoms with E-state index in [9.17, 15) is 14.4 Å². The first-order valence-electron chi connectivity index (χ1n) is 11.1. The van der Waals surface area contributed by atoms with Gasteiger partial charge in [-0.15, -0.1) is 0 Å². The molecule has 1 heterocycles. The number of hydrogen-bond acceptors (Lipinski definition) is 4. The van der Waals surface area contributed by atoms with Crippen molar-refractivity contribution in [3.63, 3.8) is 0 Å². The van der Waals surface area contributed by atoms with Crippen molar-refractivity contribution >= 4 is 40.0 Å². The number of H-pyrrole nitrogens is 1. The number of para-hydroxylation sites is 1. The number of carbonyl (C=O) groups excluding carboxylic acids is 3. The smallest absolute Gasteiger partial charge is 0.238 e. The fourth-order valence-corrected chi connectivity index (χ4v) is 3.72. The van der Waals surface area contributed by atoms with Crippen molar-refractivity contribution in [1.29, 1.82) is 0 Å². The Kier molecular flexibility index (Phi) is 8.21. The van der Waals surface area contributed by atoms with Crippen molar-refractivity contribution in [2.24, 2.45) is 0 Å². The van der Waals surface area contributed by atoms with Crippen LogP contribution in [0.5, 0.6) is 0 Å². The molecule has 2 aromatic carbocycles. The third-order valence-corrected chi connectivity index (χ3v) is 5.54. The van der Waals surface area contributed by atoms with Crippen molar-refractivity contribution in [3.8, 4) is 0 Å². The number of fused-ring (bicyclic) bond motifs is 1. The monoisotopic (exact) mass is 449 g/mol. The summed E-state index contributed by atoms with van der Waals surface area (Å²) >= 11 is 0. The number of nitrogens with zero attached hydrogens (tertiary/aromatic N) is 1. The summed E-state index contributed by atoms with van der Waals surface area (Å²) in [5, 5.41) is 9.66. The minimum absolute atomic E-state index is 0.0982. The molecule has 3 amide bonds. The van der Waals surface area contributed by atoms with Crippen LogP contribution in [0.15, 0.2) is 54.7 Å². The average Bonchev–Trinajstić information content (AvgIpc) is 3.21. The molecule has 0 saturated carbocycles. The molecule has 33 heavy (non-hydrogen) atoms. The first kappa shape index (κ1) is 24.0. The fourth-order valence-electron chi connectivity index (χ4n) is 3.72. The number of carbonyl (C=O) groups is 3. The van der Waals surface area contributed by atoms with E-state index in [1.807, 2.05) is 36.2 Å². The van der Waals surface area contributed by atoms with E-state index >= 15 is 0 Å². The van der Waals surface area contributed by atoms with Crippen LogP contribution < -0.4 is 16.0 Å². The predicted octanol–water partition coefficient (Wildman–Crippen LogP) is 3.13. The molecular formula is C25H31N5O3. The van der Waals surface area contributed by atoms with Gasteiger partial charge in [-0.2, -0.15) is 0 Å². The summed E-state index contributed by atoms with van der Waals surface area (Å²) in [6.07, 6.45) is 2.70. The van der Waals surface area contributed by atoms with Gasteiger partial charge in [0.2, 0.25) is 17.7 Å². The fraction of sp³-hybridized carbons (Fsp3) is 0.320. The molecule has 0 aliphatic rings. The Bertz CT molecular complexity index is 1110. The zero-order valence-corrected chi connectivity index (χ0v) is 19.3. The second kappa shape index (κ2) is 11.3. The number of aromatic nitrogens is 1. The topological polar surface area (TPSA) is 106 Å². The van der Waals surface area contributed by atoms with E-state index in [1.165, 1.54) is 6.92 Å². The van der Waals surface area contributed by atoms with Gasteiger partial charge in [-0.25, -0.2) is 0 Å². The summed E-state index contributed by atoms with van der Waals surface area (Å²) < 4.78 is 0. The molecule has 3 rings (SSSR count). The van der Waals surface area contributed by atoms with Gasteiger partial charge in [-0.3, -0.25) is 19.3 Å². The molecule has 4 N–H and O–H groups in total. The van der Waals surface area contributed by atoms with Gasteiger partial charge in [0.25, 0.3) is 0 Å². The van der Waals surface area contributed by atoms with Gasteiger partial charge in [0.1, 0.15) is 0 Å². The predicted molar refractivity (Wildman–Crippen MR) is 131 cm³/mol. The largest absolute Gasteiger partial charge is 0.361 e. The molecule has 3 aromatic rings. The third-order valence-electron chi connectivity index (χ3n) is 5.54. The summed E-state index contributed by atoms with van der Waals surface area (Å²) in [6.45, 7) is 6.35. The van der Waals surface area contributed by atoms with Crippen LogP contribution >= 0.6 is 0 Å². The van der Waals surface area contributed by atoms with Crippen LogP contribution in [-0.2, 0) is 20.8 Å². The van der Waals surface area contributed by atoms with Crippen molar-refractivity contribution in [2.45, 2.75) is 33.2 Å². The van der Waals surface area contributed by atoms with E-state index in [0.29, 0.717) is 24.5 Å². The standard InChI is InChI=1S/C25H31N5O3/c1-4-30(16-24(32)29-21-11-9-20(10-12-21)28-18(3)31)17(2)25(33)26-14-13-19-15-27-23-8-6-5-7-22(19)23/h5-12,15,17,27H,4,13-14,16H2,1-3H3,(H,26,33)(H,28,31)(H,29,32). The normalized spacial score (nSPS) is 11.9. The molecular weight excluding hydrogens is 418 g/mol. The van der Waals surface area contributed by atoms with E-state index in [2.05, 4.69) is 27.0 Å². The van der Waals surface area contributed by atoms with E-state index < -0.39 is 6.04 Å². The van der Waals surface area contributed by atoms with E-state index in [4.69, 9.17) is 0 Å². The number of rotatable bonds is 10. The maximum absolute atomic E-state index is 12.7. The molecule has 0 aliphatic heterocycles. The molecule has 0 radical (unpaired) electrons. The molecule has 0 bridgehead atoms. The summed E-state index contributed by atoms with van der Waals surface area (Å²) in [5.74, 6) is -0.467. The van der Waals surface area contributed by atoms with Crippen LogP contribution in [0.4, 0.5) is 11.4 Å². The van der Waals surface area contributed by atoms with Gasteiger partial charge < -0.3 is 20.9 Å². The second-order valence-electron chi connectivity index (χ2n) is 7.95. The zero-order valence-electron chi connectivity index (χ0n) is 19.3. The van der Waals surface area contributed by atoms with Gasteiger partial charge in [0.05, 0.1) is 12.6 Å². The number of nitrogens with one attached hydrogen (secondary N) is 4. The molecule has 1 aromatic heterocycles. The molecule has 0 fully saturated rings. The third kappa shape index (κ3) is 6.66. The maximum atomic E-state index is 12.7. The molecule has 0 spiro atoms. The zero-order chi connectivity index (χ0) is 23.8. The molecule has 8 nitrogen and oxygen atoms in total. The average molecular weight is 450 g/mol. The van der Waals surface area contributed by atoms with Crippen molar-refractivity contribution in [1.82, 2.24) is 15.2 Å². The first-order chi connectivity index (χ1) is 15.9. The van der Waals surface area contributed by atoms with Crippen LogP contribution in [0.2, 0.25) is 0 Å². The number of hydrogen-bond donors (Lipinski definition) is 4. The highest BCUT2D eigenvalue weighted by molar-refractivity contribution is 5.94. The molecule has 174 valence electrons. The first-order valence-corrected chi connectivity index (χ1v) is 11.1. The highest BCUT2D eigenvalue weighted by Gasteiger charge is 2.22. The summed E-state index contributed by atoms with van der Waals surface area (Å²) in [7, 11) is 0. The lowest BCUT2D eigenvalue weighted by Crippen LogP contribution is -2.48. The lowest BCUT2D eigenvalue weighted by Gasteiger charge is -2.26. The van der Waals surface area contributed by atoms with Crippen LogP contribution in [0.3, 0.4) is 0 Å². The molecule has 8 heteroatoms. The summed E-state index contributed by atoms with van der Waals surface area (Å²) in [6, 6.07) is 14.5. The Balaban J connectivity index is 1.47. The van der Waals surface area contributed by atoms with E-state index in [1.54, 1.807) is 31.2 Å². The molecule has 0 saturated heterocycles. The highest BCUT2D eigenvalue weighted by Crippen LogP contribution is 2.18. The van der Waals surface area contributed by atoms with Crippen LogP contribution in [-0.4, -0.2) is 53.3 Å². The van der Waals surface area contributed by atoms with Crippen LogP contribution in [0.25, 0.3) is 10.9 Å². The van der Waals surface area contributed by atoms with Gasteiger partial charge in [0.15, 0.2) is 0 Å². The van der Waals surface area contributed by atoms with Crippen LogP contribution in [0.1, 0.15) is 26.3 Å². The Morgan fingerprint density at radius 1 is 1.00 bits per heavy atom. The lowest BCUT2D eigenvalue weighted by molar-refractivity contribution is -0.127. The highest BCUT2D eigenvalue weighted by atomic mass is 16.2. The molecule has 0 aliphatic carbocycles. The Labute approximate surface area is 193 Å². The summed E-state index contributed by atoms with van der Waals surface area (Å²) in [4.78, 5) is 41.4. The second-order valence-corrected chi connectivity index (χ2v) is 7.95.